The van der Waals surface area contributed by atoms with Gasteiger partial charge in [0.15, 0.2) is 0 Å². The van der Waals surface area contributed by atoms with Crippen LogP contribution < -0.4 is 14.8 Å². The van der Waals surface area contributed by atoms with Gasteiger partial charge in [-0.3, -0.25) is 4.39 Å². The van der Waals surface area contributed by atoms with Crippen LogP contribution >= 0.6 is 0 Å². The predicted molar refractivity (Wildman–Crippen MR) is 75.7 cm³/mol. The molecule has 0 spiro atoms. The van der Waals surface area contributed by atoms with Gasteiger partial charge in [-0.1, -0.05) is 19.9 Å². The number of rotatable bonds is 10. The van der Waals surface area contributed by atoms with Crippen LogP contribution in [0.1, 0.15) is 32.3 Å². The van der Waals surface area contributed by atoms with Crippen molar-refractivity contribution in [2.75, 3.05) is 26.4 Å². The zero-order valence-corrected chi connectivity index (χ0v) is 11.9. The molecule has 1 aromatic carbocycles. The van der Waals surface area contributed by atoms with E-state index < -0.39 is 0 Å². The van der Waals surface area contributed by atoms with E-state index in [0.29, 0.717) is 19.6 Å². The van der Waals surface area contributed by atoms with Gasteiger partial charge in [0.05, 0.1) is 19.9 Å². The highest BCUT2D eigenvalue weighted by Crippen LogP contribution is 2.25. The molecule has 108 valence electrons. The summed E-state index contributed by atoms with van der Waals surface area (Å²) in [7, 11) is 0. The zero-order chi connectivity index (χ0) is 13.9. The second kappa shape index (κ2) is 9.62. The van der Waals surface area contributed by atoms with Crippen molar-refractivity contribution in [2.45, 2.75) is 33.2 Å². The van der Waals surface area contributed by atoms with Gasteiger partial charge in [0.2, 0.25) is 0 Å². The molecule has 1 N–H and O–H groups in total. The summed E-state index contributed by atoms with van der Waals surface area (Å²) in [5, 5.41) is 3.26. The fourth-order valence-electron chi connectivity index (χ4n) is 1.62. The lowest BCUT2D eigenvalue weighted by Crippen LogP contribution is -2.13. The molecule has 0 aliphatic heterocycles. The second-order valence-corrected chi connectivity index (χ2v) is 4.29. The van der Waals surface area contributed by atoms with E-state index in [1.54, 1.807) is 0 Å². The number of benzene rings is 1. The van der Waals surface area contributed by atoms with Gasteiger partial charge in [-0.2, -0.15) is 0 Å². The average Bonchev–Trinajstić information content (AvgIpc) is 2.44. The Kier molecular flexibility index (Phi) is 7.98. The van der Waals surface area contributed by atoms with Crippen LogP contribution in [0.2, 0.25) is 0 Å². The highest BCUT2D eigenvalue weighted by molar-refractivity contribution is 5.40. The molecule has 3 nitrogen and oxygen atoms in total. The van der Waals surface area contributed by atoms with E-state index in [9.17, 15) is 4.39 Å². The normalized spacial score (nSPS) is 10.5. The SMILES string of the molecule is CCCOc1ccc(CNCC)c(OCCCF)c1. The molecular weight excluding hydrogens is 245 g/mol. The molecule has 0 aliphatic rings. The lowest BCUT2D eigenvalue weighted by atomic mass is 10.2. The molecule has 0 fully saturated rings. The summed E-state index contributed by atoms with van der Waals surface area (Å²) in [5.41, 5.74) is 1.07. The Morgan fingerprint density at radius 2 is 2.00 bits per heavy atom. The van der Waals surface area contributed by atoms with Crippen molar-refractivity contribution >= 4 is 0 Å². The molecule has 0 heterocycles. The molecule has 0 bridgehead atoms. The molecule has 19 heavy (non-hydrogen) atoms. The van der Waals surface area contributed by atoms with E-state index in [1.165, 1.54) is 0 Å². The minimum Gasteiger partial charge on any atom is -0.493 e. The third kappa shape index (κ3) is 5.92. The monoisotopic (exact) mass is 269 g/mol. The van der Waals surface area contributed by atoms with Crippen LogP contribution in [0, 0.1) is 0 Å². The van der Waals surface area contributed by atoms with Crippen molar-refractivity contribution in [3.05, 3.63) is 23.8 Å². The van der Waals surface area contributed by atoms with E-state index in [0.717, 1.165) is 36.6 Å². The first kappa shape index (κ1) is 15.8. The Bertz CT molecular complexity index is 358. The number of ether oxygens (including phenoxy) is 2. The molecule has 0 atom stereocenters. The van der Waals surface area contributed by atoms with Gasteiger partial charge in [-0.25, -0.2) is 0 Å². The van der Waals surface area contributed by atoms with E-state index in [1.807, 2.05) is 18.2 Å². The molecular formula is C15H24FNO2. The second-order valence-electron chi connectivity index (χ2n) is 4.29. The van der Waals surface area contributed by atoms with Crippen LogP contribution in [0.3, 0.4) is 0 Å². The number of halogens is 1. The van der Waals surface area contributed by atoms with Gasteiger partial charge in [-0.15, -0.1) is 0 Å². The standard InChI is InChI=1S/C15H24FNO2/c1-3-9-18-14-7-6-13(12-17-4-2)15(11-14)19-10-5-8-16/h6-7,11,17H,3-5,8-10,12H2,1-2H3. The topological polar surface area (TPSA) is 30.5 Å². The van der Waals surface area contributed by atoms with Gasteiger partial charge in [-0.05, 0) is 19.0 Å². The van der Waals surface area contributed by atoms with Crippen LogP contribution in [0.15, 0.2) is 18.2 Å². The number of nitrogens with one attached hydrogen (secondary N) is 1. The maximum Gasteiger partial charge on any atom is 0.127 e. The van der Waals surface area contributed by atoms with Crippen LogP contribution in [0.25, 0.3) is 0 Å². The molecule has 0 unspecified atom stereocenters. The molecule has 0 aliphatic carbocycles. The molecule has 0 amide bonds. The Hall–Kier alpha value is -1.29. The fraction of sp³-hybridized carbons (Fsp3) is 0.600. The summed E-state index contributed by atoms with van der Waals surface area (Å²) in [4.78, 5) is 0. The smallest absolute Gasteiger partial charge is 0.127 e. The Balaban J connectivity index is 2.71. The first-order chi connectivity index (χ1) is 9.31. The van der Waals surface area contributed by atoms with Gasteiger partial charge in [0.1, 0.15) is 11.5 Å². The minimum atomic E-state index is -0.353. The summed E-state index contributed by atoms with van der Waals surface area (Å²) in [6, 6.07) is 5.84. The van der Waals surface area contributed by atoms with Crippen molar-refractivity contribution in [1.29, 1.82) is 0 Å². The fourth-order valence-corrected chi connectivity index (χ4v) is 1.62. The van der Waals surface area contributed by atoms with Gasteiger partial charge < -0.3 is 14.8 Å². The van der Waals surface area contributed by atoms with Crippen molar-refractivity contribution in [3.8, 4) is 11.5 Å². The minimum absolute atomic E-state index is 0.353. The summed E-state index contributed by atoms with van der Waals surface area (Å²) < 4.78 is 23.4. The lowest BCUT2D eigenvalue weighted by Gasteiger charge is -2.13. The number of hydrogen-bond acceptors (Lipinski definition) is 3. The molecule has 0 saturated heterocycles. The molecule has 0 saturated carbocycles. The predicted octanol–water partition coefficient (Wildman–Crippen LogP) is 3.32. The molecule has 0 radical (unpaired) electrons. The Morgan fingerprint density at radius 3 is 2.68 bits per heavy atom. The Labute approximate surface area is 115 Å². The summed E-state index contributed by atoms with van der Waals surface area (Å²) in [5.74, 6) is 1.58. The highest BCUT2D eigenvalue weighted by Gasteiger charge is 2.06. The third-order valence-corrected chi connectivity index (χ3v) is 2.61. The summed E-state index contributed by atoms with van der Waals surface area (Å²) in [6.45, 7) is 6.51. The third-order valence-electron chi connectivity index (χ3n) is 2.61. The zero-order valence-electron chi connectivity index (χ0n) is 11.9. The van der Waals surface area contributed by atoms with Crippen LogP contribution in [0.5, 0.6) is 11.5 Å². The summed E-state index contributed by atoms with van der Waals surface area (Å²) in [6.07, 6.45) is 1.39. The van der Waals surface area contributed by atoms with E-state index in [4.69, 9.17) is 9.47 Å². The van der Waals surface area contributed by atoms with Gasteiger partial charge >= 0.3 is 0 Å². The van der Waals surface area contributed by atoms with E-state index >= 15 is 0 Å². The largest absolute Gasteiger partial charge is 0.493 e. The molecule has 4 heteroatoms. The highest BCUT2D eigenvalue weighted by atomic mass is 19.1. The lowest BCUT2D eigenvalue weighted by molar-refractivity contribution is 0.281. The maximum absolute atomic E-state index is 12.1. The van der Waals surface area contributed by atoms with Crippen LogP contribution in [-0.4, -0.2) is 26.4 Å². The van der Waals surface area contributed by atoms with Crippen molar-refractivity contribution in [1.82, 2.24) is 5.32 Å². The van der Waals surface area contributed by atoms with Crippen molar-refractivity contribution < 1.29 is 13.9 Å². The van der Waals surface area contributed by atoms with Gasteiger partial charge in [0, 0.05) is 24.6 Å². The number of hydrogen-bond donors (Lipinski definition) is 1. The number of alkyl halides is 1. The average molecular weight is 269 g/mol. The molecule has 1 aromatic rings. The summed E-state index contributed by atoms with van der Waals surface area (Å²) >= 11 is 0. The van der Waals surface area contributed by atoms with Crippen molar-refractivity contribution in [2.24, 2.45) is 0 Å². The van der Waals surface area contributed by atoms with Crippen LogP contribution in [0.4, 0.5) is 4.39 Å². The van der Waals surface area contributed by atoms with E-state index in [-0.39, 0.29) is 6.67 Å². The van der Waals surface area contributed by atoms with Crippen LogP contribution in [-0.2, 0) is 6.54 Å². The quantitative estimate of drug-likeness (QED) is 0.661. The first-order valence-corrected chi connectivity index (χ1v) is 6.97. The van der Waals surface area contributed by atoms with E-state index in [2.05, 4.69) is 19.2 Å². The van der Waals surface area contributed by atoms with Crippen molar-refractivity contribution in [3.63, 3.8) is 0 Å². The molecule has 0 aromatic heterocycles. The maximum atomic E-state index is 12.1. The Morgan fingerprint density at radius 1 is 1.16 bits per heavy atom. The molecule has 1 rings (SSSR count). The van der Waals surface area contributed by atoms with Gasteiger partial charge in [0.25, 0.3) is 0 Å². The first-order valence-electron chi connectivity index (χ1n) is 6.97.